The van der Waals surface area contributed by atoms with Crippen molar-refractivity contribution in [2.24, 2.45) is 11.3 Å². The third-order valence-electron chi connectivity index (χ3n) is 3.13. The molecule has 0 aromatic carbocycles. The fraction of sp³-hybridized carbons (Fsp3) is 0.692. The van der Waals surface area contributed by atoms with Gasteiger partial charge in [0.2, 0.25) is 0 Å². The van der Waals surface area contributed by atoms with Gasteiger partial charge in [-0.1, -0.05) is 39.5 Å². The van der Waals surface area contributed by atoms with E-state index in [9.17, 15) is 4.79 Å². The number of carboxylic acids is 1. The Kier molecular flexibility index (Phi) is 4.85. The van der Waals surface area contributed by atoms with Gasteiger partial charge in [0.1, 0.15) is 0 Å². The minimum absolute atomic E-state index is 0.0559. The lowest BCUT2D eigenvalue weighted by molar-refractivity contribution is -0.133. The van der Waals surface area contributed by atoms with Crippen LogP contribution in [0.2, 0.25) is 0 Å². The summed E-state index contributed by atoms with van der Waals surface area (Å²) in [5, 5.41) is 9.52. The number of carbonyl (C=O) groups is 1. The van der Waals surface area contributed by atoms with E-state index in [0.717, 1.165) is 17.4 Å². The quantitative estimate of drug-likeness (QED) is 0.836. The molecule has 0 saturated heterocycles. The summed E-state index contributed by atoms with van der Waals surface area (Å²) in [5.74, 6) is -0.258. The van der Waals surface area contributed by atoms with Crippen LogP contribution < -0.4 is 0 Å². The molecule has 0 bridgehead atoms. The predicted molar refractivity (Wildman–Crippen MR) is 73.9 cm³/mol. The Labute approximate surface area is 113 Å². The number of rotatable bonds is 5. The third-order valence-corrected chi connectivity index (χ3v) is 4.11. The van der Waals surface area contributed by atoms with Gasteiger partial charge in [0, 0.05) is 12.7 Å². The van der Waals surface area contributed by atoms with E-state index in [-0.39, 0.29) is 11.2 Å². The molecule has 1 aromatic heterocycles. The topological polar surface area (TPSA) is 55.1 Å². The minimum atomic E-state index is -0.809. The number of nitrogens with zero attached hydrogens (tertiary/aromatic N) is 2. The Bertz CT molecular complexity index is 421. The van der Waals surface area contributed by atoms with Crippen molar-refractivity contribution in [1.29, 1.82) is 0 Å². The maximum atomic E-state index is 10.6. The summed E-state index contributed by atoms with van der Waals surface area (Å²) in [6.45, 7) is 11.7. The van der Waals surface area contributed by atoms with E-state index in [1.165, 1.54) is 11.8 Å². The first kappa shape index (κ1) is 15.1. The van der Waals surface area contributed by atoms with Crippen LogP contribution >= 0.6 is 11.8 Å². The molecule has 0 aliphatic carbocycles. The van der Waals surface area contributed by atoms with Gasteiger partial charge in [-0.05, 0) is 18.3 Å². The predicted octanol–water partition coefficient (Wildman–Crippen LogP) is 3.05. The molecule has 102 valence electrons. The van der Waals surface area contributed by atoms with E-state index in [1.54, 1.807) is 0 Å². The summed E-state index contributed by atoms with van der Waals surface area (Å²) in [5.41, 5.74) is 1.16. The number of imidazole rings is 1. The second-order valence-corrected chi connectivity index (χ2v) is 6.71. The Hall–Kier alpha value is -0.970. The molecule has 0 radical (unpaired) electrons. The van der Waals surface area contributed by atoms with Crippen molar-refractivity contribution >= 4 is 17.7 Å². The second kappa shape index (κ2) is 5.78. The zero-order chi connectivity index (χ0) is 13.9. The Morgan fingerprint density at radius 1 is 1.56 bits per heavy atom. The summed E-state index contributed by atoms with van der Waals surface area (Å²) in [6, 6.07) is 0. The average Bonchev–Trinajstić information content (AvgIpc) is 2.54. The fourth-order valence-corrected chi connectivity index (χ4v) is 2.22. The van der Waals surface area contributed by atoms with Crippen molar-refractivity contribution < 1.29 is 9.90 Å². The fourth-order valence-electron chi connectivity index (χ4n) is 1.47. The molecule has 0 amide bonds. The summed E-state index contributed by atoms with van der Waals surface area (Å²) in [6.07, 6.45) is 1.99. The minimum Gasteiger partial charge on any atom is -0.481 e. The standard InChI is InChI=1S/C13H22N2O2S/c1-9(13(3,4)5)6-15-7-10(2)14-12(15)18-8-11(16)17/h7,9H,6,8H2,1-5H3,(H,16,17). The normalized spacial score (nSPS) is 13.6. The Balaban J connectivity index is 2.79. The Morgan fingerprint density at radius 3 is 2.67 bits per heavy atom. The van der Waals surface area contributed by atoms with Crippen LogP contribution in [0.3, 0.4) is 0 Å². The Morgan fingerprint density at radius 2 is 2.17 bits per heavy atom. The number of hydrogen-bond donors (Lipinski definition) is 1. The van der Waals surface area contributed by atoms with Crippen molar-refractivity contribution in [3.05, 3.63) is 11.9 Å². The zero-order valence-electron chi connectivity index (χ0n) is 11.7. The zero-order valence-corrected chi connectivity index (χ0v) is 12.5. The molecule has 1 atom stereocenters. The molecule has 1 rings (SSSR count). The maximum absolute atomic E-state index is 10.6. The molecule has 5 heteroatoms. The summed E-state index contributed by atoms with van der Waals surface area (Å²) >= 11 is 1.28. The van der Waals surface area contributed by atoms with E-state index in [4.69, 9.17) is 5.11 Å². The highest BCUT2D eigenvalue weighted by molar-refractivity contribution is 7.99. The van der Waals surface area contributed by atoms with Crippen LogP contribution in [0, 0.1) is 18.3 Å². The maximum Gasteiger partial charge on any atom is 0.313 e. The van der Waals surface area contributed by atoms with E-state index in [0.29, 0.717) is 5.92 Å². The molecule has 0 saturated carbocycles. The van der Waals surface area contributed by atoms with Gasteiger partial charge in [0.25, 0.3) is 0 Å². The number of hydrogen-bond acceptors (Lipinski definition) is 3. The summed E-state index contributed by atoms with van der Waals surface area (Å²) < 4.78 is 2.07. The number of aromatic nitrogens is 2. The first-order valence-corrected chi connectivity index (χ1v) is 7.07. The van der Waals surface area contributed by atoms with Gasteiger partial charge in [-0.15, -0.1) is 0 Å². The van der Waals surface area contributed by atoms with Crippen molar-refractivity contribution in [3.63, 3.8) is 0 Å². The average molecular weight is 270 g/mol. The van der Waals surface area contributed by atoms with Crippen molar-refractivity contribution in [3.8, 4) is 0 Å². The van der Waals surface area contributed by atoms with Crippen LogP contribution in [-0.2, 0) is 11.3 Å². The SMILES string of the molecule is Cc1cn(CC(C)C(C)(C)C)c(SCC(=O)O)n1. The highest BCUT2D eigenvalue weighted by atomic mass is 32.2. The summed E-state index contributed by atoms with van der Waals surface area (Å²) in [7, 11) is 0. The molecule has 0 aliphatic heterocycles. The highest BCUT2D eigenvalue weighted by Crippen LogP contribution is 2.28. The molecule has 0 fully saturated rings. The van der Waals surface area contributed by atoms with Crippen LogP contribution in [-0.4, -0.2) is 26.4 Å². The van der Waals surface area contributed by atoms with E-state index < -0.39 is 5.97 Å². The van der Waals surface area contributed by atoms with Crippen LogP contribution in [0.1, 0.15) is 33.4 Å². The first-order valence-electron chi connectivity index (χ1n) is 6.08. The lowest BCUT2D eigenvalue weighted by Gasteiger charge is -2.27. The van der Waals surface area contributed by atoms with Crippen molar-refractivity contribution in [1.82, 2.24) is 9.55 Å². The van der Waals surface area contributed by atoms with Crippen LogP contribution in [0.25, 0.3) is 0 Å². The first-order chi connectivity index (χ1) is 8.20. The van der Waals surface area contributed by atoms with E-state index >= 15 is 0 Å². The second-order valence-electron chi connectivity index (χ2n) is 5.77. The monoisotopic (exact) mass is 270 g/mol. The molecule has 1 N–H and O–H groups in total. The van der Waals surface area contributed by atoms with Crippen molar-refractivity contribution in [2.45, 2.75) is 46.3 Å². The van der Waals surface area contributed by atoms with Crippen LogP contribution in [0.4, 0.5) is 0 Å². The van der Waals surface area contributed by atoms with Gasteiger partial charge in [-0.2, -0.15) is 0 Å². The summed E-state index contributed by atoms with van der Waals surface area (Å²) in [4.78, 5) is 15.0. The number of aryl methyl sites for hydroxylation is 1. The van der Waals surface area contributed by atoms with Gasteiger partial charge >= 0.3 is 5.97 Å². The highest BCUT2D eigenvalue weighted by Gasteiger charge is 2.21. The largest absolute Gasteiger partial charge is 0.481 e. The molecule has 0 aliphatic rings. The molecular formula is C13H22N2O2S. The molecule has 4 nitrogen and oxygen atoms in total. The number of thioether (sulfide) groups is 1. The lowest BCUT2D eigenvalue weighted by Crippen LogP contribution is -2.22. The molecule has 18 heavy (non-hydrogen) atoms. The number of carboxylic acid groups (broad SMARTS) is 1. The van der Waals surface area contributed by atoms with Gasteiger partial charge < -0.3 is 9.67 Å². The third kappa shape index (κ3) is 4.37. The molecular weight excluding hydrogens is 248 g/mol. The van der Waals surface area contributed by atoms with E-state index in [2.05, 4.69) is 37.2 Å². The van der Waals surface area contributed by atoms with Gasteiger partial charge in [0.05, 0.1) is 11.4 Å². The molecule has 0 spiro atoms. The van der Waals surface area contributed by atoms with Gasteiger partial charge in [-0.3, -0.25) is 4.79 Å². The van der Waals surface area contributed by atoms with Crippen molar-refractivity contribution in [2.75, 3.05) is 5.75 Å². The lowest BCUT2D eigenvalue weighted by atomic mass is 9.82. The van der Waals surface area contributed by atoms with Crippen LogP contribution in [0.15, 0.2) is 11.4 Å². The number of aliphatic carboxylic acids is 1. The van der Waals surface area contributed by atoms with Crippen LogP contribution in [0.5, 0.6) is 0 Å². The van der Waals surface area contributed by atoms with E-state index in [1.807, 2.05) is 13.1 Å². The molecule has 1 aromatic rings. The molecule has 1 heterocycles. The molecule has 1 unspecified atom stereocenters. The van der Waals surface area contributed by atoms with Gasteiger partial charge in [-0.25, -0.2) is 4.98 Å². The van der Waals surface area contributed by atoms with Gasteiger partial charge in [0.15, 0.2) is 5.16 Å². The smallest absolute Gasteiger partial charge is 0.313 e.